The van der Waals surface area contributed by atoms with Gasteiger partial charge in [0.25, 0.3) is 5.91 Å². The minimum absolute atomic E-state index is 0.0775. The fraction of sp³-hybridized carbons (Fsp3) is 0.333. The lowest BCUT2D eigenvalue weighted by Crippen LogP contribution is -2.26. The van der Waals surface area contributed by atoms with Gasteiger partial charge in [0.05, 0.1) is 16.6 Å². The van der Waals surface area contributed by atoms with Gasteiger partial charge in [0.15, 0.2) is 0 Å². The largest absolute Gasteiger partial charge is 0.337 e. The second-order valence-electron chi connectivity index (χ2n) is 7.40. The number of fused-ring (bicyclic) bond motifs is 1. The number of imidazole rings is 1. The first-order valence-corrected chi connectivity index (χ1v) is 9.85. The van der Waals surface area contributed by atoms with Gasteiger partial charge in [-0.25, -0.2) is 4.79 Å². The van der Waals surface area contributed by atoms with Crippen molar-refractivity contribution < 1.29 is 4.79 Å². The topological polar surface area (TPSA) is 47.2 Å². The predicted molar refractivity (Wildman–Crippen MR) is 110 cm³/mol. The molecule has 1 aliphatic carbocycles. The van der Waals surface area contributed by atoms with Gasteiger partial charge in [-0.05, 0) is 57.9 Å². The van der Waals surface area contributed by atoms with Crippen molar-refractivity contribution in [3.05, 3.63) is 68.0 Å². The summed E-state index contributed by atoms with van der Waals surface area (Å²) in [4.78, 5) is 26.9. The first-order valence-electron chi connectivity index (χ1n) is 9.06. The molecule has 0 saturated heterocycles. The molecule has 5 nitrogen and oxygen atoms in total. The highest BCUT2D eigenvalue weighted by Crippen LogP contribution is 2.39. The fourth-order valence-corrected chi connectivity index (χ4v) is 4.05. The summed E-state index contributed by atoms with van der Waals surface area (Å²) in [5.74, 6) is 0.657. The number of rotatable bonds is 4. The highest BCUT2D eigenvalue weighted by Gasteiger charge is 2.23. The number of aryl methyl sites for hydroxylation is 2. The van der Waals surface area contributed by atoms with Crippen LogP contribution >= 0.6 is 15.9 Å². The van der Waals surface area contributed by atoms with Crippen molar-refractivity contribution in [3.8, 4) is 0 Å². The standard InChI is InChI=1S/C21H22BrN3O2/c1-23(12-13-4-6-14(7-5-13)15-8-9-15)20(26)16-10-18-19(11-17(16)22)25(3)21(27)24(18)2/h4-7,10-11,15H,8-9,12H2,1-3H3. The average Bonchev–Trinajstić information content (AvgIpc) is 3.48. The highest BCUT2D eigenvalue weighted by molar-refractivity contribution is 9.10. The van der Waals surface area contributed by atoms with E-state index in [0.717, 1.165) is 22.5 Å². The monoisotopic (exact) mass is 427 g/mol. The maximum atomic E-state index is 13.0. The summed E-state index contributed by atoms with van der Waals surface area (Å²) in [6.07, 6.45) is 2.58. The van der Waals surface area contributed by atoms with Gasteiger partial charge in [-0.15, -0.1) is 0 Å². The molecule has 0 unspecified atom stereocenters. The van der Waals surface area contributed by atoms with Crippen molar-refractivity contribution in [3.63, 3.8) is 0 Å². The average molecular weight is 428 g/mol. The van der Waals surface area contributed by atoms with Gasteiger partial charge >= 0.3 is 5.69 Å². The number of nitrogens with zero attached hydrogens (tertiary/aromatic N) is 3. The van der Waals surface area contributed by atoms with Crippen LogP contribution in [0.1, 0.15) is 40.2 Å². The van der Waals surface area contributed by atoms with E-state index in [2.05, 4.69) is 40.2 Å². The second kappa shape index (κ2) is 6.68. The number of halogens is 1. The lowest BCUT2D eigenvalue weighted by molar-refractivity contribution is 0.0784. The summed E-state index contributed by atoms with van der Waals surface area (Å²) >= 11 is 3.50. The third-order valence-corrected chi connectivity index (χ3v) is 6.04. The Morgan fingerprint density at radius 3 is 2.30 bits per heavy atom. The number of aromatic nitrogens is 2. The first-order chi connectivity index (χ1) is 12.9. The van der Waals surface area contributed by atoms with E-state index in [1.165, 1.54) is 18.4 Å². The molecule has 3 aromatic rings. The van der Waals surface area contributed by atoms with Crippen LogP contribution in [0.2, 0.25) is 0 Å². The zero-order chi connectivity index (χ0) is 19.3. The predicted octanol–water partition coefficient (Wildman–Crippen LogP) is 3.79. The van der Waals surface area contributed by atoms with Crippen LogP contribution in [0.5, 0.6) is 0 Å². The van der Waals surface area contributed by atoms with Crippen LogP contribution in [0, 0.1) is 0 Å². The molecule has 1 aliphatic rings. The summed E-state index contributed by atoms with van der Waals surface area (Å²) in [5, 5.41) is 0. The minimum atomic E-state index is -0.106. The Morgan fingerprint density at radius 1 is 1.11 bits per heavy atom. The maximum absolute atomic E-state index is 13.0. The Balaban J connectivity index is 1.60. The Morgan fingerprint density at radius 2 is 1.70 bits per heavy atom. The van der Waals surface area contributed by atoms with Crippen LogP contribution in [0.3, 0.4) is 0 Å². The molecule has 4 rings (SSSR count). The second-order valence-corrected chi connectivity index (χ2v) is 8.25. The van der Waals surface area contributed by atoms with E-state index in [1.54, 1.807) is 41.2 Å². The Bertz CT molecular complexity index is 1090. The van der Waals surface area contributed by atoms with Gasteiger partial charge in [0.2, 0.25) is 0 Å². The molecule has 27 heavy (non-hydrogen) atoms. The summed E-state index contributed by atoms with van der Waals surface area (Å²) in [7, 11) is 5.26. The van der Waals surface area contributed by atoms with Crippen LogP contribution in [-0.4, -0.2) is 27.0 Å². The Labute approximate surface area is 166 Å². The molecule has 0 aliphatic heterocycles. The third kappa shape index (κ3) is 3.23. The van der Waals surface area contributed by atoms with Gasteiger partial charge < -0.3 is 4.90 Å². The normalized spacial score (nSPS) is 13.9. The van der Waals surface area contributed by atoms with Gasteiger partial charge in [-0.3, -0.25) is 13.9 Å². The van der Waals surface area contributed by atoms with Crippen LogP contribution in [0.15, 0.2) is 45.7 Å². The SMILES string of the molecule is CN(Cc1ccc(C2CC2)cc1)C(=O)c1cc2c(cc1Br)n(C)c(=O)n2C. The Kier molecular flexibility index (Phi) is 4.46. The van der Waals surface area contributed by atoms with Gasteiger partial charge in [0, 0.05) is 32.2 Å². The summed E-state index contributed by atoms with van der Waals surface area (Å²) in [6.45, 7) is 0.544. The van der Waals surface area contributed by atoms with Crippen molar-refractivity contribution in [1.29, 1.82) is 0 Å². The summed E-state index contributed by atoms with van der Waals surface area (Å²) in [5.41, 5.74) is 4.50. The van der Waals surface area contributed by atoms with E-state index in [-0.39, 0.29) is 11.6 Å². The maximum Gasteiger partial charge on any atom is 0.328 e. The third-order valence-electron chi connectivity index (χ3n) is 5.39. The minimum Gasteiger partial charge on any atom is -0.337 e. The fourth-order valence-electron chi connectivity index (χ4n) is 3.55. The molecule has 1 aromatic heterocycles. The van der Waals surface area contributed by atoms with Crippen LogP contribution < -0.4 is 5.69 Å². The number of carbonyl (C=O) groups excluding carboxylic acids is 1. The molecule has 2 aromatic carbocycles. The molecular formula is C21H22BrN3O2. The van der Waals surface area contributed by atoms with Gasteiger partial charge in [0.1, 0.15) is 0 Å². The number of carbonyl (C=O) groups is 1. The van der Waals surface area contributed by atoms with E-state index in [9.17, 15) is 9.59 Å². The molecule has 0 radical (unpaired) electrons. The van der Waals surface area contributed by atoms with Crippen molar-refractivity contribution in [2.75, 3.05) is 7.05 Å². The van der Waals surface area contributed by atoms with Crippen molar-refractivity contribution >= 4 is 32.9 Å². The molecule has 6 heteroatoms. The molecule has 0 N–H and O–H groups in total. The van der Waals surface area contributed by atoms with Gasteiger partial charge in [-0.2, -0.15) is 0 Å². The Hall–Kier alpha value is -2.34. The molecule has 1 saturated carbocycles. The molecular weight excluding hydrogens is 406 g/mol. The van der Waals surface area contributed by atoms with Crippen molar-refractivity contribution in [2.45, 2.75) is 25.3 Å². The first kappa shape index (κ1) is 18.0. The molecule has 0 bridgehead atoms. The molecule has 1 heterocycles. The summed E-state index contributed by atoms with van der Waals surface area (Å²) < 4.78 is 3.84. The van der Waals surface area contributed by atoms with Crippen molar-refractivity contribution in [2.24, 2.45) is 14.1 Å². The van der Waals surface area contributed by atoms with E-state index >= 15 is 0 Å². The zero-order valence-electron chi connectivity index (χ0n) is 15.7. The van der Waals surface area contributed by atoms with E-state index in [0.29, 0.717) is 16.6 Å². The lowest BCUT2D eigenvalue weighted by Gasteiger charge is -2.18. The zero-order valence-corrected chi connectivity index (χ0v) is 17.3. The van der Waals surface area contributed by atoms with E-state index in [1.807, 2.05) is 6.07 Å². The van der Waals surface area contributed by atoms with Gasteiger partial charge in [-0.1, -0.05) is 24.3 Å². The quantitative estimate of drug-likeness (QED) is 0.635. The molecule has 1 fully saturated rings. The smallest absolute Gasteiger partial charge is 0.328 e. The molecule has 0 atom stereocenters. The van der Waals surface area contributed by atoms with Crippen LogP contribution in [0.25, 0.3) is 11.0 Å². The number of benzene rings is 2. The number of hydrogen-bond donors (Lipinski definition) is 0. The molecule has 140 valence electrons. The lowest BCUT2D eigenvalue weighted by atomic mass is 10.1. The van der Waals surface area contributed by atoms with Crippen molar-refractivity contribution in [1.82, 2.24) is 14.0 Å². The van der Waals surface area contributed by atoms with E-state index < -0.39 is 0 Å². The van der Waals surface area contributed by atoms with Crippen LogP contribution in [0.4, 0.5) is 0 Å². The number of amides is 1. The highest BCUT2D eigenvalue weighted by atomic mass is 79.9. The van der Waals surface area contributed by atoms with Crippen LogP contribution in [-0.2, 0) is 20.6 Å². The molecule has 0 spiro atoms. The number of hydrogen-bond acceptors (Lipinski definition) is 2. The molecule has 1 amide bonds. The van der Waals surface area contributed by atoms with E-state index in [4.69, 9.17) is 0 Å². The summed E-state index contributed by atoms with van der Waals surface area (Å²) in [6, 6.07) is 12.2.